The van der Waals surface area contributed by atoms with Crippen LogP contribution in [0.25, 0.3) is 10.9 Å². The Morgan fingerprint density at radius 2 is 2.23 bits per heavy atom. The van der Waals surface area contributed by atoms with E-state index in [9.17, 15) is 0 Å². The summed E-state index contributed by atoms with van der Waals surface area (Å²) in [6.07, 6.45) is 5.75. The molecule has 1 aromatic carbocycles. The molecule has 0 fully saturated rings. The van der Waals surface area contributed by atoms with E-state index in [1.54, 1.807) is 6.33 Å². The first-order valence-electron chi connectivity index (χ1n) is 4.59. The molecule has 2 aromatic rings. The third kappa shape index (κ3) is 1.52. The second kappa shape index (κ2) is 3.52. The largest absolute Gasteiger partial charge is 0.244 e. The summed E-state index contributed by atoms with van der Waals surface area (Å²) < 4.78 is 0. The van der Waals surface area contributed by atoms with Gasteiger partial charge in [-0.3, -0.25) is 0 Å². The Hall–Kier alpha value is -1.44. The van der Waals surface area contributed by atoms with Crippen LogP contribution in [0, 0.1) is 0 Å². The van der Waals surface area contributed by atoms with Crippen molar-refractivity contribution in [3.8, 4) is 0 Å². The van der Waals surface area contributed by atoms with Gasteiger partial charge in [0.1, 0.15) is 6.33 Å². The van der Waals surface area contributed by atoms with Crippen LogP contribution in [0.5, 0.6) is 0 Å². The fourth-order valence-electron chi connectivity index (χ4n) is 1.55. The third-order valence-electron chi connectivity index (χ3n) is 2.16. The van der Waals surface area contributed by atoms with Gasteiger partial charge in [0.05, 0.1) is 5.52 Å². The highest BCUT2D eigenvalue weighted by atomic mass is 14.8. The number of fused-ring (bicyclic) bond motifs is 1. The molecular weight excluding hydrogens is 160 g/mol. The smallest absolute Gasteiger partial charge is 0.116 e. The molecule has 0 saturated carbocycles. The summed E-state index contributed by atoms with van der Waals surface area (Å²) in [5.41, 5.74) is 2.39. The van der Waals surface area contributed by atoms with E-state index in [1.165, 1.54) is 10.9 Å². The van der Waals surface area contributed by atoms with Crippen LogP contribution in [0.1, 0.15) is 18.9 Å². The van der Waals surface area contributed by atoms with E-state index in [4.69, 9.17) is 0 Å². The molecule has 0 atom stereocenters. The van der Waals surface area contributed by atoms with Gasteiger partial charge in [-0.2, -0.15) is 0 Å². The molecule has 0 amide bonds. The third-order valence-corrected chi connectivity index (χ3v) is 2.16. The molecule has 1 aromatic heterocycles. The predicted molar refractivity (Wildman–Crippen MR) is 53.5 cm³/mol. The Morgan fingerprint density at radius 1 is 1.31 bits per heavy atom. The Morgan fingerprint density at radius 3 is 3.08 bits per heavy atom. The molecule has 0 N–H and O–H groups in total. The van der Waals surface area contributed by atoms with Gasteiger partial charge in [-0.1, -0.05) is 25.5 Å². The van der Waals surface area contributed by atoms with Crippen molar-refractivity contribution < 1.29 is 0 Å². The van der Waals surface area contributed by atoms with E-state index in [0.717, 1.165) is 18.4 Å². The molecule has 0 aliphatic heterocycles. The number of aryl methyl sites for hydroxylation is 1. The van der Waals surface area contributed by atoms with Crippen molar-refractivity contribution in [1.29, 1.82) is 0 Å². The second-order valence-corrected chi connectivity index (χ2v) is 3.12. The molecule has 0 unspecified atom stereocenters. The van der Waals surface area contributed by atoms with E-state index >= 15 is 0 Å². The maximum Gasteiger partial charge on any atom is 0.116 e. The normalized spacial score (nSPS) is 10.5. The lowest BCUT2D eigenvalue weighted by Gasteiger charge is -2.02. The molecule has 66 valence electrons. The molecule has 0 saturated heterocycles. The average molecular weight is 172 g/mol. The lowest BCUT2D eigenvalue weighted by atomic mass is 10.1. The lowest BCUT2D eigenvalue weighted by molar-refractivity contribution is 0.928. The Kier molecular flexibility index (Phi) is 2.21. The average Bonchev–Trinajstić information content (AvgIpc) is 2.19. The Balaban J connectivity index is 2.61. The number of rotatable bonds is 2. The predicted octanol–water partition coefficient (Wildman–Crippen LogP) is 2.58. The van der Waals surface area contributed by atoms with Crippen LogP contribution < -0.4 is 0 Å². The van der Waals surface area contributed by atoms with E-state index in [-0.39, 0.29) is 0 Å². The molecule has 0 bridgehead atoms. The minimum absolute atomic E-state index is 1.04. The number of hydrogen-bond donors (Lipinski definition) is 0. The molecule has 2 nitrogen and oxygen atoms in total. The SMILES string of the molecule is CCCc1cccc2ncncc12. The highest BCUT2D eigenvalue weighted by molar-refractivity contribution is 5.80. The monoisotopic (exact) mass is 172 g/mol. The van der Waals surface area contributed by atoms with E-state index in [2.05, 4.69) is 29.0 Å². The maximum absolute atomic E-state index is 4.21. The summed E-state index contributed by atoms with van der Waals surface area (Å²) in [4.78, 5) is 8.26. The van der Waals surface area contributed by atoms with Gasteiger partial charge in [-0.05, 0) is 18.1 Å². The van der Waals surface area contributed by atoms with Crippen LogP contribution in [-0.2, 0) is 6.42 Å². The summed E-state index contributed by atoms with van der Waals surface area (Å²) in [6.45, 7) is 2.18. The standard InChI is InChI=1S/C11H12N2/c1-2-4-9-5-3-6-11-10(9)7-12-8-13-11/h3,5-8H,2,4H2,1H3. The summed E-state index contributed by atoms with van der Waals surface area (Å²) in [5.74, 6) is 0. The van der Waals surface area contributed by atoms with Crippen molar-refractivity contribution in [2.24, 2.45) is 0 Å². The minimum Gasteiger partial charge on any atom is -0.244 e. The first kappa shape index (κ1) is 8.17. The van der Waals surface area contributed by atoms with Crippen LogP contribution in [0.2, 0.25) is 0 Å². The van der Waals surface area contributed by atoms with Crippen molar-refractivity contribution in [3.05, 3.63) is 36.3 Å². The van der Waals surface area contributed by atoms with Crippen LogP contribution >= 0.6 is 0 Å². The summed E-state index contributed by atoms with van der Waals surface area (Å²) in [6, 6.07) is 6.23. The minimum atomic E-state index is 1.04. The van der Waals surface area contributed by atoms with Crippen LogP contribution in [-0.4, -0.2) is 9.97 Å². The quantitative estimate of drug-likeness (QED) is 0.695. The van der Waals surface area contributed by atoms with Crippen LogP contribution in [0.15, 0.2) is 30.7 Å². The number of nitrogens with zero attached hydrogens (tertiary/aromatic N) is 2. The molecule has 2 rings (SSSR count). The van der Waals surface area contributed by atoms with E-state index < -0.39 is 0 Å². The zero-order chi connectivity index (χ0) is 9.10. The van der Waals surface area contributed by atoms with Gasteiger partial charge in [-0.15, -0.1) is 0 Å². The Labute approximate surface area is 77.6 Å². The van der Waals surface area contributed by atoms with Crippen LogP contribution in [0.4, 0.5) is 0 Å². The van der Waals surface area contributed by atoms with Gasteiger partial charge >= 0.3 is 0 Å². The molecule has 1 heterocycles. The molecule has 0 spiro atoms. The zero-order valence-electron chi connectivity index (χ0n) is 7.70. The van der Waals surface area contributed by atoms with Crippen molar-refractivity contribution in [3.63, 3.8) is 0 Å². The van der Waals surface area contributed by atoms with E-state index in [1.807, 2.05) is 12.3 Å². The fourth-order valence-corrected chi connectivity index (χ4v) is 1.55. The maximum atomic E-state index is 4.21. The number of hydrogen-bond acceptors (Lipinski definition) is 2. The topological polar surface area (TPSA) is 25.8 Å². The highest BCUT2D eigenvalue weighted by Crippen LogP contribution is 2.16. The van der Waals surface area contributed by atoms with Crippen molar-refractivity contribution in [2.45, 2.75) is 19.8 Å². The summed E-state index contributed by atoms with van der Waals surface area (Å²) >= 11 is 0. The first-order valence-corrected chi connectivity index (χ1v) is 4.59. The van der Waals surface area contributed by atoms with Gasteiger partial charge in [0.2, 0.25) is 0 Å². The van der Waals surface area contributed by atoms with Crippen molar-refractivity contribution >= 4 is 10.9 Å². The van der Waals surface area contributed by atoms with Crippen molar-refractivity contribution in [2.75, 3.05) is 0 Å². The lowest BCUT2D eigenvalue weighted by Crippen LogP contribution is -1.88. The summed E-state index contributed by atoms with van der Waals surface area (Å²) in [7, 11) is 0. The summed E-state index contributed by atoms with van der Waals surface area (Å²) in [5, 5.41) is 1.19. The van der Waals surface area contributed by atoms with Gasteiger partial charge in [0.15, 0.2) is 0 Å². The molecule has 0 radical (unpaired) electrons. The molecule has 13 heavy (non-hydrogen) atoms. The zero-order valence-corrected chi connectivity index (χ0v) is 7.70. The highest BCUT2D eigenvalue weighted by Gasteiger charge is 1.99. The second-order valence-electron chi connectivity index (χ2n) is 3.12. The van der Waals surface area contributed by atoms with Gasteiger partial charge < -0.3 is 0 Å². The molecule has 0 aliphatic rings. The molecule has 2 heteroatoms. The van der Waals surface area contributed by atoms with Crippen LogP contribution in [0.3, 0.4) is 0 Å². The fraction of sp³-hybridized carbons (Fsp3) is 0.273. The van der Waals surface area contributed by atoms with Gasteiger partial charge in [0.25, 0.3) is 0 Å². The Bertz CT molecular complexity index is 404. The molecule has 0 aliphatic carbocycles. The van der Waals surface area contributed by atoms with E-state index in [0.29, 0.717) is 0 Å². The number of benzene rings is 1. The molecular formula is C11H12N2. The number of aromatic nitrogens is 2. The first-order chi connectivity index (χ1) is 6.42. The van der Waals surface area contributed by atoms with Gasteiger partial charge in [0, 0.05) is 11.6 Å². The van der Waals surface area contributed by atoms with Crippen molar-refractivity contribution in [1.82, 2.24) is 9.97 Å². The van der Waals surface area contributed by atoms with Gasteiger partial charge in [-0.25, -0.2) is 9.97 Å².